The molecule has 0 saturated heterocycles. The molecule has 0 aliphatic carbocycles. The Kier molecular flexibility index (Phi) is 11.7. The van der Waals surface area contributed by atoms with Crippen molar-refractivity contribution in [1.82, 2.24) is 0 Å². The van der Waals surface area contributed by atoms with Gasteiger partial charge < -0.3 is 18.6 Å². The molecule has 14 aromatic carbocycles. The van der Waals surface area contributed by atoms with Crippen LogP contribution in [-0.2, 0) is 0 Å². The van der Waals surface area contributed by atoms with Crippen LogP contribution in [0.4, 0.5) is 34.1 Å². The molecule has 4 heterocycles. The van der Waals surface area contributed by atoms with Gasteiger partial charge in [-0.2, -0.15) is 0 Å². The Morgan fingerprint density at radius 1 is 0.213 bits per heavy atom. The highest BCUT2D eigenvalue weighted by Gasteiger charge is 2.49. The largest absolute Gasteiger partial charge is 0.456 e. The van der Waals surface area contributed by atoms with Gasteiger partial charge in [-0.05, 0) is 144 Å². The van der Waals surface area contributed by atoms with Crippen LogP contribution in [0.2, 0.25) is 0 Å². The van der Waals surface area contributed by atoms with Crippen molar-refractivity contribution in [2.24, 2.45) is 0 Å². The van der Waals surface area contributed by atoms with E-state index in [0.717, 1.165) is 172 Å². The van der Waals surface area contributed by atoms with Crippen LogP contribution in [-0.4, -0.2) is 6.71 Å². The average molecular weight is 1130 g/mol. The first-order valence-electron chi connectivity index (χ1n) is 30.6. The van der Waals surface area contributed by atoms with E-state index in [1.807, 2.05) is 0 Å². The third kappa shape index (κ3) is 8.09. The monoisotopic (exact) mass is 1130 g/mol. The molecule has 0 unspecified atom stereocenters. The van der Waals surface area contributed by atoms with Crippen molar-refractivity contribution in [2.45, 2.75) is 0 Å². The number of furan rings is 2. The minimum atomic E-state index is -0.435. The number of para-hydroxylation sites is 2. The van der Waals surface area contributed by atoms with Crippen molar-refractivity contribution in [2.75, 3.05) is 9.80 Å². The van der Waals surface area contributed by atoms with Gasteiger partial charge in [-0.3, -0.25) is 0 Å². The third-order valence-electron chi connectivity index (χ3n) is 18.4. The second-order valence-electron chi connectivity index (χ2n) is 23.4. The molecule has 16 aromatic rings. The molecule has 2 aliphatic rings. The summed E-state index contributed by atoms with van der Waals surface area (Å²) >= 11 is 0. The number of nitrogens with zero attached hydrogens (tertiary/aromatic N) is 2. The Morgan fingerprint density at radius 2 is 0.517 bits per heavy atom. The lowest BCUT2D eigenvalue weighted by molar-refractivity contribution is 0.671. The van der Waals surface area contributed by atoms with Crippen molar-refractivity contribution in [3.05, 3.63) is 322 Å². The van der Waals surface area contributed by atoms with Crippen LogP contribution in [0.3, 0.4) is 0 Å². The summed E-state index contributed by atoms with van der Waals surface area (Å²) in [4.78, 5) is 5.17. The predicted molar refractivity (Wildman–Crippen MR) is 373 cm³/mol. The van der Waals surface area contributed by atoms with E-state index in [0.29, 0.717) is 0 Å². The van der Waals surface area contributed by atoms with Gasteiger partial charge in [-0.15, -0.1) is 0 Å². The van der Waals surface area contributed by atoms with E-state index in [1.54, 1.807) is 0 Å². The molecule has 0 fully saturated rings. The quantitative estimate of drug-likeness (QED) is 0.135. The molecule has 0 radical (unpaired) electrons. The average Bonchev–Trinajstić information content (AvgIpc) is 1.68. The van der Waals surface area contributed by atoms with Gasteiger partial charge in [0.25, 0.3) is 6.71 Å². The second-order valence-corrected chi connectivity index (χ2v) is 23.4. The molecule has 4 nitrogen and oxygen atoms in total. The Labute approximate surface area is 516 Å². The minimum absolute atomic E-state index is 0.435. The Hall–Kier alpha value is -11.7. The first-order valence-corrected chi connectivity index (χ1v) is 30.6. The molecule has 0 bridgehead atoms. The Morgan fingerprint density at radius 3 is 0.888 bits per heavy atom. The summed E-state index contributed by atoms with van der Waals surface area (Å²) in [6, 6.07) is 117. The predicted octanol–water partition coefficient (Wildman–Crippen LogP) is 21.2. The molecule has 5 heteroatoms. The number of hydrogen-bond donors (Lipinski definition) is 0. The highest BCUT2D eigenvalue weighted by Crippen LogP contribution is 2.54. The van der Waals surface area contributed by atoms with Gasteiger partial charge in [0.05, 0.1) is 11.4 Å². The highest BCUT2D eigenvalue weighted by atomic mass is 16.3. The number of rotatable bonds is 9. The van der Waals surface area contributed by atoms with Gasteiger partial charge in [0.1, 0.15) is 22.3 Å². The second kappa shape index (κ2) is 20.5. The van der Waals surface area contributed by atoms with Crippen molar-refractivity contribution < 1.29 is 8.83 Å². The smallest absolute Gasteiger partial charge is 0.261 e. The lowest BCUT2D eigenvalue weighted by Crippen LogP contribution is -2.61. The molecule has 18 rings (SSSR count). The van der Waals surface area contributed by atoms with E-state index >= 15 is 0 Å². The number of benzene rings is 14. The molecule has 89 heavy (non-hydrogen) atoms. The fourth-order valence-electron chi connectivity index (χ4n) is 14.5. The van der Waals surface area contributed by atoms with Crippen LogP contribution in [0.25, 0.3) is 122 Å². The van der Waals surface area contributed by atoms with Gasteiger partial charge in [0.15, 0.2) is 0 Å². The zero-order valence-electron chi connectivity index (χ0n) is 48.4. The molecule has 0 spiro atoms. The van der Waals surface area contributed by atoms with Crippen LogP contribution >= 0.6 is 0 Å². The maximum Gasteiger partial charge on any atom is 0.261 e. The Bertz CT molecular complexity index is 5100. The van der Waals surface area contributed by atoms with E-state index in [1.165, 1.54) is 0 Å². The summed E-state index contributed by atoms with van der Waals surface area (Å²) in [6.45, 7) is -0.435. The molecule has 2 aliphatic heterocycles. The van der Waals surface area contributed by atoms with Crippen molar-refractivity contribution in [3.8, 4) is 77.9 Å². The summed E-state index contributed by atoms with van der Waals surface area (Å²) in [6.07, 6.45) is 0. The van der Waals surface area contributed by atoms with Gasteiger partial charge >= 0.3 is 0 Å². The van der Waals surface area contributed by atoms with E-state index in [2.05, 4.69) is 331 Å². The molecule has 0 atom stereocenters. The highest BCUT2D eigenvalue weighted by molar-refractivity contribution is 7.03. The molecular formula is C84H53BN2O2. The lowest BCUT2D eigenvalue weighted by atomic mass is 9.33. The summed E-state index contributed by atoms with van der Waals surface area (Å²) in [5.74, 6) is 0. The maximum atomic E-state index is 7.65. The zero-order valence-corrected chi connectivity index (χ0v) is 48.4. The van der Waals surface area contributed by atoms with Crippen molar-refractivity contribution >= 4 is 101 Å². The van der Waals surface area contributed by atoms with Gasteiger partial charge in [-0.25, -0.2) is 0 Å². The standard InChI is InChI=1S/C84H53BN2O2/c1-8-26-54(27-9-1)61-44-46-70(66(48-61)57-32-14-4-15-33-57)86-72-50-63(56-30-12-3-13-31-56)51-73-80(72)85(81-74(86)52-68(59-36-18-6-19-37-59)78-64-40-22-24-42-76(64)88-83(78)81)82-75(53-69(60-38-20-7-21-39-60)79-65-41-23-25-43-77(65)89-84(79)82)87(73)71-47-45-62(55-28-10-2-11-29-55)49-67(71)58-34-16-5-17-35-58/h1-53H. The lowest BCUT2D eigenvalue weighted by Gasteiger charge is -2.45. The molecule has 0 amide bonds. The Balaban J connectivity index is 1.06. The van der Waals surface area contributed by atoms with Gasteiger partial charge in [-0.1, -0.05) is 261 Å². The molecule has 0 saturated carbocycles. The summed E-state index contributed by atoms with van der Waals surface area (Å²) in [5, 5.41) is 4.28. The topological polar surface area (TPSA) is 32.8 Å². The van der Waals surface area contributed by atoms with Gasteiger partial charge in [0, 0.05) is 55.4 Å². The van der Waals surface area contributed by atoms with E-state index < -0.39 is 6.71 Å². The van der Waals surface area contributed by atoms with E-state index in [4.69, 9.17) is 8.83 Å². The molecule has 2 aromatic heterocycles. The van der Waals surface area contributed by atoms with Crippen molar-refractivity contribution in [3.63, 3.8) is 0 Å². The maximum absolute atomic E-state index is 7.65. The summed E-state index contributed by atoms with van der Waals surface area (Å²) < 4.78 is 15.3. The first kappa shape index (κ1) is 50.6. The van der Waals surface area contributed by atoms with Crippen LogP contribution in [0.5, 0.6) is 0 Å². The number of anilines is 6. The number of hydrogen-bond acceptors (Lipinski definition) is 4. The normalized spacial score (nSPS) is 12.4. The third-order valence-corrected chi connectivity index (χ3v) is 18.4. The van der Waals surface area contributed by atoms with E-state index in [9.17, 15) is 0 Å². The fourth-order valence-corrected chi connectivity index (χ4v) is 14.5. The van der Waals surface area contributed by atoms with Crippen LogP contribution in [0, 0.1) is 0 Å². The first-order chi connectivity index (χ1) is 44.2. The van der Waals surface area contributed by atoms with Crippen LogP contribution < -0.4 is 26.2 Å². The molecule has 0 N–H and O–H groups in total. The van der Waals surface area contributed by atoms with Crippen LogP contribution in [0.15, 0.2) is 330 Å². The van der Waals surface area contributed by atoms with Gasteiger partial charge in [0.2, 0.25) is 0 Å². The fraction of sp³-hybridized carbons (Fsp3) is 0. The zero-order chi connectivity index (χ0) is 58.5. The van der Waals surface area contributed by atoms with Crippen molar-refractivity contribution in [1.29, 1.82) is 0 Å². The number of fused-ring (bicyclic) bond motifs is 12. The molecule has 414 valence electrons. The summed E-state index contributed by atoms with van der Waals surface area (Å²) in [5.41, 5.74) is 28.5. The minimum Gasteiger partial charge on any atom is -0.456 e. The van der Waals surface area contributed by atoms with Crippen LogP contribution in [0.1, 0.15) is 0 Å². The van der Waals surface area contributed by atoms with E-state index in [-0.39, 0.29) is 0 Å². The SMILES string of the molecule is c1ccc(-c2ccc(N3c4cc(-c5ccccc5)cc5c4B(c4c3cc(-c3ccccc3)c3c4oc4ccccc43)c3c(cc(-c4ccccc4)c4c3oc3ccccc34)N5c3ccc(-c4ccccc4)cc3-c3ccccc3)c(-c3ccccc3)c2)cc1. The molecular weight excluding hydrogens is 1080 g/mol. The summed E-state index contributed by atoms with van der Waals surface area (Å²) in [7, 11) is 0.